The summed E-state index contributed by atoms with van der Waals surface area (Å²) in [6, 6.07) is 5.19. The number of carbonyl (C=O) groups excluding carboxylic acids is 1. The van der Waals surface area contributed by atoms with E-state index in [9.17, 15) is 4.79 Å². The summed E-state index contributed by atoms with van der Waals surface area (Å²) in [4.78, 5) is 12.1. The van der Waals surface area contributed by atoms with E-state index in [4.69, 9.17) is 14.6 Å². The van der Waals surface area contributed by atoms with E-state index in [0.29, 0.717) is 30.3 Å². The quantitative estimate of drug-likeness (QED) is 0.839. The fourth-order valence-corrected chi connectivity index (χ4v) is 1.67. The lowest BCUT2D eigenvalue weighted by Crippen LogP contribution is -2.46. The monoisotopic (exact) mass is 251 g/mol. The van der Waals surface area contributed by atoms with Gasteiger partial charge in [0.1, 0.15) is 13.2 Å². The van der Waals surface area contributed by atoms with Crippen LogP contribution in [0.5, 0.6) is 11.5 Å². The maximum absolute atomic E-state index is 12.1. The van der Waals surface area contributed by atoms with Crippen molar-refractivity contribution in [1.29, 1.82) is 0 Å². The SMILES string of the molecule is CC(C)(CO)NC(=O)c1cccc2c1OCCO2. The average molecular weight is 251 g/mol. The number of aliphatic hydroxyl groups is 1. The van der Waals surface area contributed by atoms with Gasteiger partial charge in [-0.3, -0.25) is 4.79 Å². The predicted molar refractivity (Wildman–Crippen MR) is 66.1 cm³/mol. The van der Waals surface area contributed by atoms with Crippen LogP contribution in [0.4, 0.5) is 0 Å². The van der Waals surface area contributed by atoms with Crippen LogP contribution in [0.2, 0.25) is 0 Å². The molecule has 1 aromatic rings. The second-order valence-corrected chi connectivity index (χ2v) is 4.83. The van der Waals surface area contributed by atoms with Gasteiger partial charge in [0.2, 0.25) is 0 Å². The van der Waals surface area contributed by atoms with Gasteiger partial charge in [-0.25, -0.2) is 0 Å². The summed E-state index contributed by atoms with van der Waals surface area (Å²) in [5.41, 5.74) is -0.247. The summed E-state index contributed by atoms with van der Waals surface area (Å²) in [6.45, 7) is 4.28. The third-order valence-corrected chi connectivity index (χ3v) is 2.66. The predicted octanol–water partition coefficient (Wildman–Crippen LogP) is 0.959. The molecule has 98 valence electrons. The van der Waals surface area contributed by atoms with Gasteiger partial charge in [0.25, 0.3) is 5.91 Å². The van der Waals surface area contributed by atoms with Crippen molar-refractivity contribution in [2.45, 2.75) is 19.4 Å². The highest BCUT2D eigenvalue weighted by atomic mass is 16.6. The molecule has 0 radical (unpaired) electrons. The van der Waals surface area contributed by atoms with Gasteiger partial charge in [-0.2, -0.15) is 0 Å². The third-order valence-electron chi connectivity index (χ3n) is 2.66. The smallest absolute Gasteiger partial charge is 0.255 e. The van der Waals surface area contributed by atoms with E-state index in [1.54, 1.807) is 32.0 Å². The Labute approximate surface area is 106 Å². The second kappa shape index (κ2) is 4.86. The highest BCUT2D eigenvalue weighted by Crippen LogP contribution is 2.33. The lowest BCUT2D eigenvalue weighted by atomic mass is 10.1. The number of aliphatic hydroxyl groups excluding tert-OH is 1. The van der Waals surface area contributed by atoms with Gasteiger partial charge in [0, 0.05) is 0 Å². The first-order chi connectivity index (χ1) is 8.53. The molecule has 2 rings (SSSR count). The molecule has 0 spiro atoms. The maximum Gasteiger partial charge on any atom is 0.255 e. The topological polar surface area (TPSA) is 67.8 Å². The molecule has 5 nitrogen and oxygen atoms in total. The minimum atomic E-state index is -0.671. The van der Waals surface area contributed by atoms with Crippen LogP contribution in [0.15, 0.2) is 18.2 Å². The zero-order valence-corrected chi connectivity index (χ0v) is 10.5. The van der Waals surface area contributed by atoms with Gasteiger partial charge in [-0.1, -0.05) is 6.07 Å². The third kappa shape index (κ3) is 2.56. The summed E-state index contributed by atoms with van der Waals surface area (Å²) < 4.78 is 10.9. The molecule has 1 aromatic carbocycles. The standard InChI is InChI=1S/C13H17NO4/c1-13(2,8-15)14-12(16)9-4-3-5-10-11(9)18-7-6-17-10/h3-5,15H,6-8H2,1-2H3,(H,14,16). The number of fused-ring (bicyclic) bond motifs is 1. The highest BCUT2D eigenvalue weighted by Gasteiger charge is 2.25. The molecule has 1 aliphatic heterocycles. The van der Waals surface area contributed by atoms with Crippen molar-refractivity contribution in [2.24, 2.45) is 0 Å². The van der Waals surface area contributed by atoms with Gasteiger partial charge in [-0.15, -0.1) is 0 Å². The minimum absolute atomic E-state index is 0.134. The largest absolute Gasteiger partial charge is 0.486 e. The average Bonchev–Trinajstić information content (AvgIpc) is 2.37. The normalized spacial score (nSPS) is 14.2. The van der Waals surface area contributed by atoms with E-state index in [-0.39, 0.29) is 12.5 Å². The Bertz CT molecular complexity index is 456. The van der Waals surface area contributed by atoms with E-state index in [0.717, 1.165) is 0 Å². The van der Waals surface area contributed by atoms with Crippen molar-refractivity contribution in [3.63, 3.8) is 0 Å². The van der Waals surface area contributed by atoms with Crippen molar-refractivity contribution in [3.8, 4) is 11.5 Å². The summed E-state index contributed by atoms with van der Waals surface area (Å²) in [7, 11) is 0. The number of rotatable bonds is 3. The Balaban J connectivity index is 2.26. The second-order valence-electron chi connectivity index (χ2n) is 4.83. The first-order valence-corrected chi connectivity index (χ1v) is 5.85. The van der Waals surface area contributed by atoms with Crippen molar-refractivity contribution >= 4 is 5.91 Å². The first-order valence-electron chi connectivity index (χ1n) is 5.85. The van der Waals surface area contributed by atoms with E-state index in [2.05, 4.69) is 5.32 Å². The summed E-state index contributed by atoms with van der Waals surface area (Å²) >= 11 is 0. The first kappa shape index (κ1) is 12.7. The molecule has 0 atom stereocenters. The number of hydrogen-bond donors (Lipinski definition) is 2. The van der Waals surface area contributed by atoms with E-state index in [1.807, 2.05) is 0 Å². The zero-order valence-electron chi connectivity index (χ0n) is 10.5. The number of nitrogens with one attached hydrogen (secondary N) is 1. The molecule has 0 bridgehead atoms. The number of hydrogen-bond acceptors (Lipinski definition) is 4. The molecule has 2 N–H and O–H groups in total. The Morgan fingerprint density at radius 2 is 2.11 bits per heavy atom. The Morgan fingerprint density at radius 1 is 1.39 bits per heavy atom. The zero-order chi connectivity index (χ0) is 13.2. The molecule has 1 amide bonds. The van der Waals surface area contributed by atoms with Crippen LogP contribution in [-0.4, -0.2) is 36.4 Å². The van der Waals surface area contributed by atoms with Gasteiger partial charge in [0.05, 0.1) is 17.7 Å². The molecule has 0 unspecified atom stereocenters. The summed E-state index contributed by atoms with van der Waals surface area (Å²) in [6.07, 6.45) is 0. The van der Waals surface area contributed by atoms with Gasteiger partial charge >= 0.3 is 0 Å². The van der Waals surface area contributed by atoms with Crippen LogP contribution < -0.4 is 14.8 Å². The van der Waals surface area contributed by atoms with Crippen molar-refractivity contribution in [2.75, 3.05) is 19.8 Å². The Morgan fingerprint density at radius 3 is 2.83 bits per heavy atom. The molecule has 0 fully saturated rings. The molecule has 5 heteroatoms. The van der Waals surface area contributed by atoms with Crippen LogP contribution in [0, 0.1) is 0 Å². The maximum atomic E-state index is 12.1. The van der Waals surface area contributed by atoms with Gasteiger partial charge in [-0.05, 0) is 26.0 Å². The molecule has 18 heavy (non-hydrogen) atoms. The number of carbonyl (C=O) groups is 1. The lowest BCUT2D eigenvalue weighted by molar-refractivity contribution is 0.0859. The number of ether oxygens (including phenoxy) is 2. The summed E-state index contributed by atoms with van der Waals surface area (Å²) in [5.74, 6) is 0.766. The number of amides is 1. The van der Waals surface area contributed by atoms with Gasteiger partial charge in [0.15, 0.2) is 11.5 Å². The molecule has 0 saturated carbocycles. The molecule has 1 heterocycles. The molecule has 0 saturated heterocycles. The van der Waals surface area contributed by atoms with Crippen LogP contribution in [0.3, 0.4) is 0 Å². The molecule has 0 aliphatic carbocycles. The van der Waals surface area contributed by atoms with Crippen LogP contribution in [0.25, 0.3) is 0 Å². The van der Waals surface area contributed by atoms with Crippen LogP contribution >= 0.6 is 0 Å². The van der Waals surface area contributed by atoms with Crippen LogP contribution in [0.1, 0.15) is 24.2 Å². The molecular formula is C13H17NO4. The van der Waals surface area contributed by atoms with E-state index in [1.165, 1.54) is 0 Å². The fourth-order valence-electron chi connectivity index (χ4n) is 1.67. The number of benzene rings is 1. The minimum Gasteiger partial charge on any atom is -0.486 e. The van der Waals surface area contributed by atoms with Crippen molar-refractivity contribution in [3.05, 3.63) is 23.8 Å². The van der Waals surface area contributed by atoms with Crippen molar-refractivity contribution < 1.29 is 19.4 Å². The molecule has 1 aliphatic rings. The van der Waals surface area contributed by atoms with E-state index >= 15 is 0 Å². The Kier molecular flexibility index (Phi) is 3.43. The van der Waals surface area contributed by atoms with Crippen molar-refractivity contribution in [1.82, 2.24) is 5.32 Å². The van der Waals surface area contributed by atoms with Gasteiger partial charge < -0.3 is 19.9 Å². The lowest BCUT2D eigenvalue weighted by Gasteiger charge is -2.25. The highest BCUT2D eigenvalue weighted by molar-refractivity contribution is 5.98. The summed E-state index contributed by atoms with van der Waals surface area (Å²) in [5, 5.41) is 11.9. The molecule has 0 aromatic heterocycles. The molecular weight excluding hydrogens is 234 g/mol. The van der Waals surface area contributed by atoms with Crippen LogP contribution in [-0.2, 0) is 0 Å². The van der Waals surface area contributed by atoms with E-state index < -0.39 is 5.54 Å². The Hall–Kier alpha value is -1.75. The fraction of sp³-hybridized carbons (Fsp3) is 0.462. The number of para-hydroxylation sites is 1.